The van der Waals surface area contributed by atoms with Crippen LogP contribution in [-0.2, 0) is 9.59 Å². The SMILES string of the molecule is CC(=O)C(CC(O)CC(C(C)=O)c1c(I)c(C(=O)NCC(O)CO)c(I)c(C(=O)NCC(O)CO)c1I)c1c(I)c(C(=O)NCC(O)CO)c(I)c(C(=O)NCC(O)CO)c1I. The van der Waals surface area contributed by atoms with Gasteiger partial charge in [0.15, 0.2) is 0 Å². The van der Waals surface area contributed by atoms with Gasteiger partial charge in [0.1, 0.15) is 11.6 Å². The minimum atomic E-state index is -1.47. The lowest BCUT2D eigenvalue weighted by atomic mass is 9.82. The molecule has 13 N–H and O–H groups in total. The Morgan fingerprint density at radius 3 is 0.790 bits per heavy atom. The lowest BCUT2D eigenvalue weighted by Crippen LogP contribution is -2.37. The van der Waals surface area contributed by atoms with Crippen molar-refractivity contribution in [1.82, 2.24) is 21.3 Å². The zero-order valence-electron chi connectivity index (χ0n) is 32.9. The summed E-state index contributed by atoms with van der Waals surface area (Å²) >= 11 is 10.9. The van der Waals surface area contributed by atoms with Crippen LogP contribution in [0, 0.1) is 21.4 Å². The Labute approximate surface area is 437 Å². The number of ketones is 2. The average molecular weight is 1550 g/mol. The van der Waals surface area contributed by atoms with Gasteiger partial charge in [0, 0.05) is 59.4 Å². The molecule has 6 unspecified atom stereocenters. The fourth-order valence-electron chi connectivity index (χ4n) is 5.84. The number of rotatable bonds is 24. The largest absolute Gasteiger partial charge is 0.394 e. The molecule has 2 aromatic carbocycles. The van der Waals surface area contributed by atoms with Crippen molar-refractivity contribution in [1.29, 1.82) is 0 Å². The summed E-state index contributed by atoms with van der Waals surface area (Å²) in [5, 5.41) is 98.7. The lowest BCUT2D eigenvalue weighted by Gasteiger charge is -2.28. The highest BCUT2D eigenvalue weighted by Crippen LogP contribution is 2.42. The molecule has 0 radical (unpaired) electrons. The van der Waals surface area contributed by atoms with Gasteiger partial charge in [-0.1, -0.05) is 0 Å². The van der Waals surface area contributed by atoms with Gasteiger partial charge in [-0.3, -0.25) is 28.8 Å². The zero-order valence-corrected chi connectivity index (χ0v) is 45.8. The number of carbonyl (C=O) groups excluding carboxylic acids is 6. The van der Waals surface area contributed by atoms with Gasteiger partial charge < -0.3 is 67.2 Å². The molecule has 0 saturated heterocycles. The Hall–Kier alpha value is -0.320. The molecule has 346 valence electrons. The topological polar surface area (TPSA) is 333 Å². The van der Waals surface area contributed by atoms with Crippen molar-refractivity contribution >= 4 is 171 Å². The number of amides is 4. The maximum Gasteiger partial charge on any atom is 0.253 e. The smallest absolute Gasteiger partial charge is 0.253 e. The maximum atomic E-state index is 13.7. The van der Waals surface area contributed by atoms with Crippen LogP contribution >= 0.6 is 136 Å². The number of halogens is 6. The first kappa shape index (κ1) is 57.8. The Bertz CT molecular complexity index is 1750. The first-order valence-corrected chi connectivity index (χ1v) is 24.9. The number of aliphatic hydroxyl groups excluding tert-OH is 9. The molecular weight excluding hydrogens is 1500 g/mol. The summed E-state index contributed by atoms with van der Waals surface area (Å²) in [5.41, 5.74) is 0.0628. The van der Waals surface area contributed by atoms with E-state index in [0.717, 1.165) is 0 Å². The summed E-state index contributed by atoms with van der Waals surface area (Å²) in [7, 11) is 0. The zero-order chi connectivity index (χ0) is 47.3. The van der Waals surface area contributed by atoms with E-state index in [1.165, 1.54) is 13.8 Å². The van der Waals surface area contributed by atoms with Gasteiger partial charge in [0.2, 0.25) is 0 Å². The summed E-state index contributed by atoms with van der Waals surface area (Å²) in [6.45, 7) is -1.64. The minimum absolute atomic E-state index is 0.0698. The molecule has 6 atom stereocenters. The Balaban J connectivity index is 2.84. The number of Topliss-reactive ketones (excluding diaryl/α,β-unsaturated/α-hetero) is 2. The van der Waals surface area contributed by atoms with Crippen molar-refractivity contribution in [2.75, 3.05) is 52.6 Å². The van der Waals surface area contributed by atoms with Crippen LogP contribution in [0.1, 0.15) is 91.1 Å². The van der Waals surface area contributed by atoms with E-state index in [-0.39, 0.29) is 93.8 Å². The third-order valence-corrected chi connectivity index (χ3v) is 15.8. The minimum Gasteiger partial charge on any atom is -0.394 e. The van der Waals surface area contributed by atoms with E-state index in [0.29, 0.717) is 0 Å². The molecule has 0 aliphatic rings. The number of hydrogen-bond acceptors (Lipinski definition) is 15. The average Bonchev–Trinajstić information content (AvgIpc) is 3.21. The molecule has 0 bridgehead atoms. The van der Waals surface area contributed by atoms with Crippen LogP contribution in [0.15, 0.2) is 0 Å². The van der Waals surface area contributed by atoms with Gasteiger partial charge in [0.05, 0.1) is 79.2 Å². The lowest BCUT2D eigenvalue weighted by molar-refractivity contribution is -0.119. The van der Waals surface area contributed by atoms with Crippen LogP contribution in [-0.4, -0.2) is 164 Å². The number of nitrogens with one attached hydrogen (secondary N) is 4. The first-order valence-electron chi connectivity index (χ1n) is 18.4. The van der Waals surface area contributed by atoms with Crippen molar-refractivity contribution in [3.05, 3.63) is 54.8 Å². The third-order valence-electron chi connectivity index (χ3n) is 9.14. The van der Waals surface area contributed by atoms with Gasteiger partial charge in [-0.05, 0) is 173 Å². The molecule has 0 saturated carbocycles. The molecule has 0 spiro atoms. The van der Waals surface area contributed by atoms with Crippen LogP contribution in [0.25, 0.3) is 0 Å². The fourth-order valence-corrected chi connectivity index (χ4v) is 15.6. The molecule has 0 heterocycles. The van der Waals surface area contributed by atoms with Crippen LogP contribution in [0.5, 0.6) is 0 Å². The molecule has 2 rings (SSSR count). The Morgan fingerprint density at radius 2 is 0.613 bits per heavy atom. The van der Waals surface area contributed by atoms with Crippen LogP contribution in [0.4, 0.5) is 0 Å². The van der Waals surface area contributed by atoms with Crippen molar-refractivity contribution < 1.29 is 74.7 Å². The highest BCUT2D eigenvalue weighted by molar-refractivity contribution is 14.1. The third kappa shape index (κ3) is 15.4. The van der Waals surface area contributed by atoms with Crippen LogP contribution < -0.4 is 21.3 Å². The van der Waals surface area contributed by atoms with E-state index in [9.17, 15) is 74.7 Å². The molecule has 19 nitrogen and oxygen atoms in total. The highest BCUT2D eigenvalue weighted by atomic mass is 127. The van der Waals surface area contributed by atoms with Crippen molar-refractivity contribution in [3.63, 3.8) is 0 Å². The standard InChI is InChI=1S/C37H46I6N4O15/c1-13(52)20(22-28(38)24(34(59)44-5-16(55)9-48)32(42)25(29(22)39)35(60)45-6-17(56)10-49)3-15(54)4-21(14(2)53)23-30(40)26(36(61)46-7-18(57)11-50)33(43)27(31(23)41)37(62)47-8-19(58)12-51/h15-21,48-51,54-58H,3-12H2,1-2H3,(H,44,59)(H,45,60)(H,46,61)(H,47,62). The molecule has 0 aliphatic carbocycles. The number of hydrogen-bond donors (Lipinski definition) is 13. The number of carbonyl (C=O) groups is 6. The highest BCUT2D eigenvalue weighted by Gasteiger charge is 2.37. The molecule has 62 heavy (non-hydrogen) atoms. The molecule has 4 amide bonds. The number of benzene rings is 2. The Kier molecular flexibility index (Phi) is 25.6. The van der Waals surface area contributed by atoms with Crippen LogP contribution in [0.3, 0.4) is 0 Å². The van der Waals surface area contributed by atoms with Crippen LogP contribution in [0.2, 0.25) is 0 Å². The summed E-state index contributed by atoms with van der Waals surface area (Å²) in [4.78, 5) is 81.9. The van der Waals surface area contributed by atoms with Crippen molar-refractivity contribution in [3.8, 4) is 0 Å². The quantitative estimate of drug-likeness (QED) is 0.0608. The summed E-state index contributed by atoms with van der Waals surface area (Å²) in [6.07, 6.45) is -7.47. The Morgan fingerprint density at radius 1 is 0.403 bits per heavy atom. The summed E-state index contributed by atoms with van der Waals surface area (Å²) in [5.74, 6) is -6.53. The van der Waals surface area contributed by atoms with Gasteiger partial charge in [0.25, 0.3) is 23.6 Å². The van der Waals surface area contributed by atoms with Gasteiger partial charge in [-0.2, -0.15) is 0 Å². The van der Waals surface area contributed by atoms with Gasteiger partial charge in [-0.25, -0.2) is 0 Å². The molecule has 25 heteroatoms. The second-order valence-electron chi connectivity index (χ2n) is 13.8. The van der Waals surface area contributed by atoms with E-state index in [1.807, 2.05) is 90.4 Å². The predicted molar refractivity (Wildman–Crippen MR) is 273 cm³/mol. The predicted octanol–water partition coefficient (Wildman–Crippen LogP) is -0.167. The molecule has 0 aromatic heterocycles. The van der Waals surface area contributed by atoms with E-state index in [2.05, 4.69) is 21.3 Å². The molecule has 0 aliphatic heterocycles. The summed E-state index contributed by atoms with van der Waals surface area (Å²) in [6, 6.07) is 0. The molecule has 0 fully saturated rings. The first-order chi connectivity index (χ1) is 29.0. The van der Waals surface area contributed by atoms with Crippen molar-refractivity contribution in [2.45, 2.75) is 69.0 Å². The van der Waals surface area contributed by atoms with Crippen molar-refractivity contribution in [2.24, 2.45) is 0 Å². The normalized spacial score (nSPS) is 14.8. The van der Waals surface area contributed by atoms with E-state index in [1.54, 1.807) is 45.2 Å². The van der Waals surface area contributed by atoms with E-state index >= 15 is 0 Å². The monoisotopic (exact) mass is 1550 g/mol. The molecule has 2 aromatic rings. The van der Waals surface area contributed by atoms with E-state index in [4.69, 9.17) is 0 Å². The second kappa shape index (κ2) is 27.5. The fraction of sp³-hybridized carbons (Fsp3) is 0.514. The second-order valence-corrected chi connectivity index (χ2v) is 20.3. The van der Waals surface area contributed by atoms with Gasteiger partial charge >= 0.3 is 0 Å². The van der Waals surface area contributed by atoms with Gasteiger partial charge in [-0.15, -0.1) is 0 Å². The summed E-state index contributed by atoms with van der Waals surface area (Å²) < 4.78 is 1.10. The maximum absolute atomic E-state index is 13.7. The molecular formula is C37H46I6N4O15. The number of aliphatic hydroxyl groups is 9. The van der Waals surface area contributed by atoms with E-state index < -0.39 is 104 Å².